The van der Waals surface area contributed by atoms with E-state index in [2.05, 4.69) is 20.4 Å². The molecule has 344 valence electrons. The van der Waals surface area contributed by atoms with Gasteiger partial charge in [0.15, 0.2) is 23.8 Å². The van der Waals surface area contributed by atoms with Crippen LogP contribution in [0.25, 0.3) is 11.0 Å². The lowest BCUT2D eigenvalue weighted by Crippen LogP contribution is -2.59. The third-order valence-electron chi connectivity index (χ3n) is 13.0. The summed E-state index contributed by atoms with van der Waals surface area (Å²) in [4.78, 5) is 71.1. The van der Waals surface area contributed by atoms with Gasteiger partial charge >= 0.3 is 12.1 Å². The number of methoxy groups -OCH3 is 1. The van der Waals surface area contributed by atoms with Gasteiger partial charge < -0.3 is 48.6 Å². The van der Waals surface area contributed by atoms with Gasteiger partial charge in [-0.3, -0.25) is 24.4 Å². The first kappa shape index (κ1) is 48.7. The van der Waals surface area contributed by atoms with E-state index in [0.717, 1.165) is 16.6 Å². The van der Waals surface area contributed by atoms with Crippen molar-refractivity contribution in [2.75, 3.05) is 27.7 Å². The molecule has 3 saturated heterocycles. The Labute approximate surface area is 364 Å². The van der Waals surface area contributed by atoms with Crippen molar-refractivity contribution in [2.45, 2.75) is 155 Å². The molecule has 0 spiro atoms. The number of carbonyl (C=O) groups is 4. The molecule has 0 radical (unpaired) electrons. The highest BCUT2D eigenvalue weighted by Gasteiger charge is 2.59. The Kier molecular flexibility index (Phi) is 16.1. The molecule has 17 nitrogen and oxygen atoms in total. The van der Waals surface area contributed by atoms with Crippen molar-refractivity contribution in [3.05, 3.63) is 36.2 Å². The quantitative estimate of drug-likeness (QED) is 0.127. The van der Waals surface area contributed by atoms with E-state index in [9.17, 15) is 24.3 Å². The van der Waals surface area contributed by atoms with Crippen LogP contribution in [0.1, 0.15) is 93.6 Å². The fraction of sp³-hybridized carbons (Fsp3) is 0.711. The monoisotopic (exact) mass is 869 g/mol. The maximum absolute atomic E-state index is 14.4. The SMILES string of the molecule is CC[C@H]1OC(=O)[C@H](C)C(=O)[C@H](C)[C@@H](O[C@@H]2O[C@H](C)C[C@H](N(C)C)[C@H]2O)[C@](C)(OC)C[C@@H](C)/C(=N\O[C@H](C)C(=O)NCCCc2ccc3nccnc3c2)[C@H](C)[C@H]2OC(=O)O[C@@]21C. The van der Waals surface area contributed by atoms with Crippen molar-refractivity contribution in [1.29, 1.82) is 0 Å². The Morgan fingerprint density at radius 3 is 2.40 bits per heavy atom. The largest absolute Gasteiger partial charge is 0.509 e. The van der Waals surface area contributed by atoms with Gasteiger partial charge in [-0.2, -0.15) is 0 Å². The fourth-order valence-electron chi connectivity index (χ4n) is 9.23. The summed E-state index contributed by atoms with van der Waals surface area (Å²) in [6.45, 7) is 15.9. The molecule has 4 heterocycles. The zero-order valence-corrected chi connectivity index (χ0v) is 38.3. The standard InChI is InChI=1S/C45H67N5O12/c1-13-34-45(9)39(60-43(55)61-45)26(4)35(49-62-29(7)40(53)48-18-14-15-30-16-17-31-32(22-30)47-20-19-46-31)24(2)23-44(8,56-12)38(27(5)36(51)28(6)41(54)58-34)59-42-37(52)33(50(10)11)21-25(3)57-42/h16-17,19-20,22,24-29,33-34,37-39,42,52H,13-15,18,21,23H2,1-12H3,(H,48,53)/b49-35+/t24-,25-,26+,27+,28-,29-,33+,34-,37-,38-,39-,42+,44-,45-/m1/s1. The Hall–Kier alpha value is -4.29. The van der Waals surface area contributed by atoms with Gasteiger partial charge in [-0.25, -0.2) is 4.79 Å². The first-order chi connectivity index (χ1) is 29.2. The molecule has 3 aliphatic rings. The molecule has 17 heteroatoms. The van der Waals surface area contributed by atoms with E-state index in [0.29, 0.717) is 31.5 Å². The number of nitrogens with zero attached hydrogens (tertiary/aromatic N) is 4. The number of oxime groups is 1. The predicted octanol–water partition coefficient (Wildman–Crippen LogP) is 4.79. The number of benzene rings is 1. The number of nitrogens with one attached hydrogen (secondary N) is 1. The molecule has 1 aromatic heterocycles. The second kappa shape index (κ2) is 20.5. The number of amides is 1. The molecule has 3 aliphatic heterocycles. The number of hydrogen-bond donors (Lipinski definition) is 2. The number of ketones is 1. The molecular formula is C45H67N5O12. The van der Waals surface area contributed by atoms with E-state index >= 15 is 0 Å². The number of Topliss-reactive ketones (excluding diaryl/α,β-unsaturated/α-hetero) is 1. The average molecular weight is 870 g/mol. The number of aliphatic hydroxyl groups is 1. The molecule has 0 aliphatic carbocycles. The van der Waals surface area contributed by atoms with Crippen LogP contribution in [-0.4, -0.2) is 137 Å². The van der Waals surface area contributed by atoms with E-state index in [1.54, 1.807) is 53.9 Å². The lowest BCUT2D eigenvalue weighted by atomic mass is 9.74. The number of esters is 1. The second-order valence-corrected chi connectivity index (χ2v) is 17.9. The maximum Gasteiger partial charge on any atom is 0.509 e. The number of cyclic esters (lactones) is 1. The highest BCUT2D eigenvalue weighted by Crippen LogP contribution is 2.42. The molecule has 2 aromatic rings. The number of hydrogen-bond acceptors (Lipinski definition) is 16. The minimum absolute atomic E-state index is 0.156. The normalized spacial score (nSPS) is 36.0. The number of likely N-dealkylation sites (N-methyl/N-ethyl adjacent to an activating group) is 1. The van der Waals surface area contributed by atoms with Crippen LogP contribution >= 0.6 is 0 Å². The van der Waals surface area contributed by atoms with Gasteiger partial charge in [0.25, 0.3) is 5.91 Å². The summed E-state index contributed by atoms with van der Waals surface area (Å²) in [7, 11) is 5.23. The predicted molar refractivity (Wildman–Crippen MR) is 228 cm³/mol. The van der Waals surface area contributed by atoms with Crippen LogP contribution in [0.3, 0.4) is 0 Å². The third-order valence-corrected chi connectivity index (χ3v) is 13.0. The summed E-state index contributed by atoms with van der Waals surface area (Å²) in [5.74, 6) is -5.17. The van der Waals surface area contributed by atoms with Crippen molar-refractivity contribution < 1.29 is 57.5 Å². The lowest BCUT2D eigenvalue weighted by Gasteiger charge is -2.47. The van der Waals surface area contributed by atoms with Gasteiger partial charge in [-0.05, 0) is 98.5 Å². The smallest absolute Gasteiger partial charge is 0.457 e. The molecule has 0 saturated carbocycles. The summed E-state index contributed by atoms with van der Waals surface area (Å²) in [5, 5.41) is 19.1. The Morgan fingerprint density at radius 2 is 1.74 bits per heavy atom. The summed E-state index contributed by atoms with van der Waals surface area (Å²) in [6.07, 6.45) is -2.00. The van der Waals surface area contributed by atoms with Gasteiger partial charge in [0, 0.05) is 49.8 Å². The Bertz CT molecular complexity index is 1930. The maximum atomic E-state index is 14.4. The summed E-state index contributed by atoms with van der Waals surface area (Å²) >= 11 is 0. The summed E-state index contributed by atoms with van der Waals surface area (Å²) in [6, 6.07) is 5.60. The first-order valence-corrected chi connectivity index (χ1v) is 21.8. The lowest BCUT2D eigenvalue weighted by molar-refractivity contribution is -0.295. The molecule has 1 amide bonds. The number of fused-ring (bicyclic) bond motifs is 2. The van der Waals surface area contributed by atoms with E-state index in [4.69, 9.17) is 33.3 Å². The number of rotatable bonds is 12. The van der Waals surface area contributed by atoms with Gasteiger partial charge in [0.1, 0.15) is 18.1 Å². The van der Waals surface area contributed by atoms with Crippen molar-refractivity contribution >= 4 is 40.6 Å². The van der Waals surface area contributed by atoms with Crippen LogP contribution in [0.4, 0.5) is 4.79 Å². The van der Waals surface area contributed by atoms with Gasteiger partial charge in [0.05, 0.1) is 34.6 Å². The topological polar surface area (TPSA) is 207 Å². The molecule has 0 unspecified atom stereocenters. The molecule has 2 N–H and O–H groups in total. The van der Waals surface area contributed by atoms with Crippen molar-refractivity contribution in [3.8, 4) is 0 Å². The molecule has 14 atom stereocenters. The third kappa shape index (κ3) is 10.7. The van der Waals surface area contributed by atoms with E-state index in [-0.39, 0.29) is 30.9 Å². The highest BCUT2D eigenvalue weighted by atomic mass is 16.8. The van der Waals surface area contributed by atoms with Crippen LogP contribution in [0.5, 0.6) is 0 Å². The molecule has 62 heavy (non-hydrogen) atoms. The fourth-order valence-corrected chi connectivity index (χ4v) is 9.23. The van der Waals surface area contributed by atoms with Crippen molar-refractivity contribution in [3.63, 3.8) is 0 Å². The van der Waals surface area contributed by atoms with Gasteiger partial charge in [-0.1, -0.05) is 38.9 Å². The number of ether oxygens (including phenoxy) is 6. The van der Waals surface area contributed by atoms with Crippen LogP contribution in [0.15, 0.2) is 35.7 Å². The van der Waals surface area contributed by atoms with E-state index in [1.807, 2.05) is 51.0 Å². The van der Waals surface area contributed by atoms with Gasteiger partial charge in [0.2, 0.25) is 6.10 Å². The minimum Gasteiger partial charge on any atom is -0.457 e. The Morgan fingerprint density at radius 1 is 1.05 bits per heavy atom. The molecule has 1 aromatic carbocycles. The van der Waals surface area contributed by atoms with Crippen LogP contribution in [0.2, 0.25) is 0 Å². The van der Waals surface area contributed by atoms with Gasteiger partial charge in [-0.15, -0.1) is 0 Å². The van der Waals surface area contributed by atoms with E-state index in [1.165, 1.54) is 14.0 Å². The number of carbonyl (C=O) groups excluding carboxylic acids is 4. The number of aromatic nitrogens is 2. The molecule has 3 fully saturated rings. The van der Waals surface area contributed by atoms with Crippen molar-refractivity contribution in [1.82, 2.24) is 20.2 Å². The zero-order valence-electron chi connectivity index (χ0n) is 38.3. The minimum atomic E-state index is -1.50. The second-order valence-electron chi connectivity index (χ2n) is 17.9. The van der Waals surface area contributed by atoms with Crippen LogP contribution in [-0.2, 0) is 54.1 Å². The first-order valence-electron chi connectivity index (χ1n) is 21.8. The van der Waals surface area contributed by atoms with Crippen LogP contribution in [0, 0.1) is 23.7 Å². The summed E-state index contributed by atoms with van der Waals surface area (Å²) in [5.41, 5.74) is 0.289. The molecule has 0 bridgehead atoms. The number of aryl methyl sites for hydroxylation is 1. The molecule has 5 rings (SSSR count). The molecular weight excluding hydrogens is 803 g/mol. The number of aliphatic hydroxyl groups excluding tert-OH is 1. The highest BCUT2D eigenvalue weighted by molar-refractivity contribution is 6.00. The zero-order chi connectivity index (χ0) is 45.7. The van der Waals surface area contributed by atoms with Crippen molar-refractivity contribution in [2.24, 2.45) is 28.8 Å². The van der Waals surface area contributed by atoms with E-state index < -0.39 is 89.6 Å². The summed E-state index contributed by atoms with van der Waals surface area (Å²) < 4.78 is 36.8. The average Bonchev–Trinajstić information content (AvgIpc) is 3.56. The Balaban J connectivity index is 1.45. The van der Waals surface area contributed by atoms with Crippen LogP contribution < -0.4 is 5.32 Å².